The summed E-state index contributed by atoms with van der Waals surface area (Å²) in [7, 11) is 0. The van der Waals surface area contributed by atoms with Gasteiger partial charge < -0.3 is 0 Å². The van der Waals surface area contributed by atoms with Gasteiger partial charge in [0.05, 0.1) is 11.2 Å². The summed E-state index contributed by atoms with van der Waals surface area (Å²) < 4.78 is 0. The van der Waals surface area contributed by atoms with Gasteiger partial charge in [-0.1, -0.05) is 29.8 Å². The number of benzene rings is 2. The summed E-state index contributed by atoms with van der Waals surface area (Å²) in [5, 5.41) is 1.21. The van der Waals surface area contributed by atoms with Crippen LogP contribution in [0.15, 0.2) is 48.5 Å². The number of hydrogen-bond acceptors (Lipinski definition) is 1. The maximum atomic E-state index is 4.79. The zero-order valence-electron chi connectivity index (χ0n) is 11.6. The minimum atomic E-state index is 1.04. The molecular weight excluding hydrogens is 230 g/mol. The average Bonchev–Trinajstić information content (AvgIpc) is 2.39. The van der Waals surface area contributed by atoms with Crippen LogP contribution >= 0.6 is 0 Å². The van der Waals surface area contributed by atoms with Crippen LogP contribution in [0, 0.1) is 20.8 Å². The number of nitrogens with zero attached hydrogens (tertiary/aromatic N) is 1. The largest absolute Gasteiger partial charge is 0.248 e. The second-order valence-corrected chi connectivity index (χ2v) is 5.20. The lowest BCUT2D eigenvalue weighted by molar-refractivity contribution is 1.32. The van der Waals surface area contributed by atoms with E-state index in [1.807, 2.05) is 0 Å². The SMILES string of the molecule is Cc1cccc(-c2ccc3cc(C)c(C)cc3n2)c1. The zero-order valence-corrected chi connectivity index (χ0v) is 11.6. The van der Waals surface area contributed by atoms with Crippen LogP contribution in [0.3, 0.4) is 0 Å². The highest BCUT2D eigenvalue weighted by molar-refractivity contribution is 5.83. The van der Waals surface area contributed by atoms with E-state index >= 15 is 0 Å². The Labute approximate surface area is 113 Å². The van der Waals surface area contributed by atoms with E-state index < -0.39 is 0 Å². The van der Waals surface area contributed by atoms with Crippen LogP contribution in [0.5, 0.6) is 0 Å². The maximum Gasteiger partial charge on any atom is 0.0712 e. The van der Waals surface area contributed by atoms with Crippen molar-refractivity contribution in [2.45, 2.75) is 20.8 Å². The number of aryl methyl sites for hydroxylation is 3. The summed E-state index contributed by atoms with van der Waals surface area (Å²) in [6.45, 7) is 6.39. The molecule has 2 aromatic carbocycles. The van der Waals surface area contributed by atoms with Gasteiger partial charge in [0.15, 0.2) is 0 Å². The van der Waals surface area contributed by atoms with E-state index in [0.29, 0.717) is 0 Å². The highest BCUT2D eigenvalue weighted by Gasteiger charge is 2.03. The summed E-state index contributed by atoms with van der Waals surface area (Å²) in [6, 6.07) is 17.1. The predicted molar refractivity (Wildman–Crippen MR) is 81.4 cm³/mol. The van der Waals surface area contributed by atoms with E-state index in [2.05, 4.69) is 69.3 Å². The van der Waals surface area contributed by atoms with Gasteiger partial charge in [-0.15, -0.1) is 0 Å². The quantitative estimate of drug-likeness (QED) is 0.600. The van der Waals surface area contributed by atoms with Crippen molar-refractivity contribution in [2.75, 3.05) is 0 Å². The molecule has 0 radical (unpaired) electrons. The molecule has 94 valence electrons. The average molecular weight is 247 g/mol. The number of rotatable bonds is 1. The minimum Gasteiger partial charge on any atom is -0.248 e. The molecule has 1 nitrogen and oxygen atoms in total. The fourth-order valence-corrected chi connectivity index (χ4v) is 2.35. The summed E-state index contributed by atoms with van der Waals surface area (Å²) in [5.74, 6) is 0. The molecule has 0 aliphatic heterocycles. The standard InChI is InChI=1S/C18H17N/c1-12-5-4-6-15(9-12)17-8-7-16-10-13(2)14(3)11-18(16)19-17/h4-11H,1-3H3. The molecule has 1 heterocycles. The van der Waals surface area contributed by atoms with Crippen molar-refractivity contribution in [2.24, 2.45) is 0 Å². The number of fused-ring (bicyclic) bond motifs is 1. The van der Waals surface area contributed by atoms with Gasteiger partial charge in [-0.3, -0.25) is 0 Å². The molecule has 0 spiro atoms. The molecule has 0 saturated heterocycles. The smallest absolute Gasteiger partial charge is 0.0712 e. The molecule has 0 fully saturated rings. The van der Waals surface area contributed by atoms with Crippen molar-refractivity contribution < 1.29 is 0 Å². The molecule has 3 rings (SSSR count). The van der Waals surface area contributed by atoms with Gasteiger partial charge >= 0.3 is 0 Å². The third-order valence-electron chi connectivity index (χ3n) is 3.62. The highest BCUT2D eigenvalue weighted by Crippen LogP contribution is 2.23. The predicted octanol–water partition coefficient (Wildman–Crippen LogP) is 4.83. The molecule has 0 bridgehead atoms. The van der Waals surface area contributed by atoms with Crippen LogP contribution in [0.4, 0.5) is 0 Å². The molecule has 0 unspecified atom stereocenters. The highest BCUT2D eigenvalue weighted by atomic mass is 14.7. The Bertz CT molecular complexity index is 757. The Morgan fingerprint density at radius 3 is 2.37 bits per heavy atom. The van der Waals surface area contributed by atoms with Crippen molar-refractivity contribution in [1.82, 2.24) is 4.98 Å². The fraction of sp³-hybridized carbons (Fsp3) is 0.167. The van der Waals surface area contributed by atoms with Gasteiger partial charge in [0.1, 0.15) is 0 Å². The number of aromatic nitrogens is 1. The first-order chi connectivity index (χ1) is 9.13. The van der Waals surface area contributed by atoms with Crippen LogP contribution in [0.2, 0.25) is 0 Å². The Morgan fingerprint density at radius 2 is 1.58 bits per heavy atom. The van der Waals surface area contributed by atoms with Crippen molar-refractivity contribution in [3.63, 3.8) is 0 Å². The third kappa shape index (κ3) is 2.24. The monoisotopic (exact) mass is 247 g/mol. The van der Waals surface area contributed by atoms with E-state index in [0.717, 1.165) is 11.2 Å². The van der Waals surface area contributed by atoms with Crippen LogP contribution in [-0.4, -0.2) is 4.98 Å². The van der Waals surface area contributed by atoms with E-state index in [1.54, 1.807) is 0 Å². The number of hydrogen-bond donors (Lipinski definition) is 0. The normalized spacial score (nSPS) is 10.9. The summed E-state index contributed by atoms with van der Waals surface area (Å²) in [4.78, 5) is 4.79. The van der Waals surface area contributed by atoms with Crippen molar-refractivity contribution in [3.8, 4) is 11.3 Å². The second kappa shape index (κ2) is 4.51. The van der Waals surface area contributed by atoms with Crippen molar-refractivity contribution in [1.29, 1.82) is 0 Å². The molecule has 0 atom stereocenters. The first-order valence-corrected chi connectivity index (χ1v) is 6.58. The molecule has 1 heteroatoms. The van der Waals surface area contributed by atoms with Gasteiger partial charge in [0.25, 0.3) is 0 Å². The van der Waals surface area contributed by atoms with E-state index in [-0.39, 0.29) is 0 Å². The van der Waals surface area contributed by atoms with Gasteiger partial charge in [-0.2, -0.15) is 0 Å². The lowest BCUT2D eigenvalue weighted by Crippen LogP contribution is -1.88. The number of pyridine rings is 1. The Kier molecular flexibility index (Phi) is 2.83. The first-order valence-electron chi connectivity index (χ1n) is 6.58. The zero-order chi connectivity index (χ0) is 13.4. The second-order valence-electron chi connectivity index (χ2n) is 5.20. The molecule has 1 aromatic heterocycles. The van der Waals surface area contributed by atoms with E-state index in [4.69, 9.17) is 4.98 Å². The lowest BCUT2D eigenvalue weighted by atomic mass is 10.0. The Hall–Kier alpha value is -2.15. The Morgan fingerprint density at radius 1 is 0.789 bits per heavy atom. The third-order valence-corrected chi connectivity index (χ3v) is 3.62. The van der Waals surface area contributed by atoms with Crippen LogP contribution in [-0.2, 0) is 0 Å². The van der Waals surface area contributed by atoms with Crippen molar-refractivity contribution >= 4 is 10.9 Å². The summed E-state index contributed by atoms with van der Waals surface area (Å²) in [6.07, 6.45) is 0. The molecule has 3 aromatic rings. The lowest BCUT2D eigenvalue weighted by Gasteiger charge is -2.07. The molecule has 0 amide bonds. The molecule has 0 N–H and O–H groups in total. The molecule has 19 heavy (non-hydrogen) atoms. The molecule has 0 aliphatic carbocycles. The van der Waals surface area contributed by atoms with Gasteiger partial charge in [0, 0.05) is 10.9 Å². The van der Waals surface area contributed by atoms with Crippen molar-refractivity contribution in [3.05, 3.63) is 65.2 Å². The fourth-order valence-electron chi connectivity index (χ4n) is 2.35. The summed E-state index contributed by atoms with van der Waals surface area (Å²) in [5.41, 5.74) is 7.17. The van der Waals surface area contributed by atoms with Gasteiger partial charge in [0.2, 0.25) is 0 Å². The van der Waals surface area contributed by atoms with Crippen LogP contribution < -0.4 is 0 Å². The topological polar surface area (TPSA) is 12.9 Å². The molecule has 0 aliphatic rings. The van der Waals surface area contributed by atoms with E-state index in [9.17, 15) is 0 Å². The summed E-state index contributed by atoms with van der Waals surface area (Å²) >= 11 is 0. The minimum absolute atomic E-state index is 1.04. The first kappa shape index (κ1) is 11.9. The van der Waals surface area contributed by atoms with E-state index in [1.165, 1.54) is 27.6 Å². The van der Waals surface area contributed by atoms with Crippen LogP contribution in [0.1, 0.15) is 16.7 Å². The van der Waals surface area contributed by atoms with Gasteiger partial charge in [-0.25, -0.2) is 4.98 Å². The van der Waals surface area contributed by atoms with Gasteiger partial charge in [-0.05, 0) is 56.2 Å². The molecule has 0 saturated carbocycles. The van der Waals surface area contributed by atoms with Crippen LogP contribution in [0.25, 0.3) is 22.2 Å². The molecular formula is C18H17N. The Balaban J connectivity index is 2.19. The maximum absolute atomic E-state index is 4.79.